The summed E-state index contributed by atoms with van der Waals surface area (Å²) in [5.41, 5.74) is 1.03. The number of amides is 1. The lowest BCUT2D eigenvalue weighted by Crippen LogP contribution is -2.43. The Morgan fingerprint density at radius 1 is 1.15 bits per heavy atom. The molecule has 0 aliphatic carbocycles. The Morgan fingerprint density at radius 2 is 1.88 bits per heavy atom. The smallest absolute Gasteiger partial charge is 0.240 e. The van der Waals surface area contributed by atoms with Crippen molar-refractivity contribution in [2.24, 2.45) is 0 Å². The Kier molecular flexibility index (Phi) is 5.53. The molecule has 1 unspecified atom stereocenters. The first-order chi connectivity index (χ1) is 12.4. The van der Waals surface area contributed by atoms with E-state index in [9.17, 15) is 17.6 Å². The predicted molar refractivity (Wildman–Crippen MR) is 93.8 cm³/mol. The number of fused-ring (bicyclic) bond motifs is 1. The molecule has 0 bridgehead atoms. The number of benzene rings is 2. The zero-order valence-corrected chi connectivity index (χ0v) is 14.8. The molecule has 0 radical (unpaired) electrons. The van der Waals surface area contributed by atoms with Crippen LogP contribution in [0.4, 0.5) is 4.39 Å². The third-order valence-corrected chi connectivity index (χ3v) is 5.49. The van der Waals surface area contributed by atoms with E-state index in [4.69, 9.17) is 4.74 Å². The zero-order valence-electron chi connectivity index (χ0n) is 13.9. The second-order valence-corrected chi connectivity index (χ2v) is 7.76. The van der Waals surface area contributed by atoms with Crippen molar-refractivity contribution in [3.05, 3.63) is 59.9 Å². The van der Waals surface area contributed by atoms with E-state index in [0.717, 1.165) is 23.4 Å². The van der Waals surface area contributed by atoms with Crippen molar-refractivity contribution in [1.29, 1.82) is 0 Å². The summed E-state index contributed by atoms with van der Waals surface area (Å²) in [6.07, 6.45) is 0.668. The molecule has 2 N–H and O–H groups in total. The minimum atomic E-state index is -3.77. The number of carbonyl (C=O) groups is 1. The summed E-state index contributed by atoms with van der Waals surface area (Å²) >= 11 is 0. The van der Waals surface area contributed by atoms with Crippen LogP contribution in [0, 0.1) is 5.82 Å². The van der Waals surface area contributed by atoms with E-state index < -0.39 is 15.8 Å². The maximum Gasteiger partial charge on any atom is 0.240 e. The molecular formula is C18H19FN2O4S. The molecule has 1 amide bonds. The first-order valence-corrected chi connectivity index (χ1v) is 9.68. The monoisotopic (exact) mass is 378 g/mol. The SMILES string of the molecule is O=C(CCNS(=O)(=O)c1ccc(F)cc1)NC1COc2ccccc2C1. The molecule has 1 aliphatic rings. The van der Waals surface area contributed by atoms with Crippen LogP contribution in [-0.4, -0.2) is 33.5 Å². The summed E-state index contributed by atoms with van der Waals surface area (Å²) < 4.78 is 44.9. The Balaban J connectivity index is 1.47. The van der Waals surface area contributed by atoms with Crippen molar-refractivity contribution in [3.8, 4) is 5.75 Å². The molecule has 6 nitrogen and oxygen atoms in total. The molecule has 0 saturated carbocycles. The van der Waals surface area contributed by atoms with Crippen LogP contribution in [0.25, 0.3) is 0 Å². The van der Waals surface area contributed by atoms with E-state index in [2.05, 4.69) is 10.0 Å². The van der Waals surface area contributed by atoms with E-state index in [0.29, 0.717) is 13.0 Å². The minimum Gasteiger partial charge on any atom is -0.491 e. The molecule has 2 aromatic carbocycles. The molecule has 0 spiro atoms. The van der Waals surface area contributed by atoms with E-state index >= 15 is 0 Å². The molecule has 3 rings (SSSR count). The van der Waals surface area contributed by atoms with Gasteiger partial charge < -0.3 is 10.1 Å². The van der Waals surface area contributed by atoms with Crippen molar-refractivity contribution in [1.82, 2.24) is 10.0 Å². The molecular weight excluding hydrogens is 359 g/mol. The Hall–Kier alpha value is -2.45. The fourth-order valence-electron chi connectivity index (χ4n) is 2.72. The molecule has 1 atom stereocenters. The number of ether oxygens (including phenoxy) is 1. The maximum absolute atomic E-state index is 12.9. The van der Waals surface area contributed by atoms with Gasteiger partial charge in [0, 0.05) is 13.0 Å². The van der Waals surface area contributed by atoms with Crippen LogP contribution < -0.4 is 14.8 Å². The second-order valence-electron chi connectivity index (χ2n) is 5.99. The van der Waals surface area contributed by atoms with Gasteiger partial charge in [0.1, 0.15) is 18.2 Å². The molecule has 8 heteroatoms. The number of hydrogen-bond donors (Lipinski definition) is 2. The zero-order chi connectivity index (χ0) is 18.6. The van der Waals surface area contributed by atoms with Crippen LogP contribution in [-0.2, 0) is 21.2 Å². The van der Waals surface area contributed by atoms with Gasteiger partial charge in [-0.25, -0.2) is 17.5 Å². The summed E-state index contributed by atoms with van der Waals surface area (Å²) in [4.78, 5) is 12.0. The molecule has 0 fully saturated rings. The normalized spacial score (nSPS) is 16.4. The summed E-state index contributed by atoms with van der Waals surface area (Å²) in [6.45, 7) is 0.333. The molecule has 0 saturated heterocycles. The largest absolute Gasteiger partial charge is 0.491 e. The number of halogens is 1. The van der Waals surface area contributed by atoms with Gasteiger partial charge in [0.2, 0.25) is 15.9 Å². The van der Waals surface area contributed by atoms with Crippen molar-refractivity contribution in [3.63, 3.8) is 0 Å². The number of hydrogen-bond acceptors (Lipinski definition) is 4. The van der Waals surface area contributed by atoms with Gasteiger partial charge in [-0.1, -0.05) is 18.2 Å². The first-order valence-electron chi connectivity index (χ1n) is 8.19. The number of para-hydroxylation sites is 1. The molecule has 1 heterocycles. The summed E-state index contributed by atoms with van der Waals surface area (Å²) in [5, 5.41) is 2.84. The molecule has 1 aliphatic heterocycles. The highest BCUT2D eigenvalue weighted by molar-refractivity contribution is 7.89. The minimum absolute atomic E-state index is 0.00142. The van der Waals surface area contributed by atoms with Gasteiger partial charge in [-0.15, -0.1) is 0 Å². The van der Waals surface area contributed by atoms with Gasteiger partial charge in [0.15, 0.2) is 0 Å². The Labute approximate surface area is 151 Å². The fraction of sp³-hybridized carbons (Fsp3) is 0.278. The van der Waals surface area contributed by atoms with Gasteiger partial charge in [0.05, 0.1) is 10.9 Å². The van der Waals surface area contributed by atoms with Crippen molar-refractivity contribution >= 4 is 15.9 Å². The third kappa shape index (κ3) is 4.59. The van der Waals surface area contributed by atoms with Crippen LogP contribution in [0.2, 0.25) is 0 Å². The quantitative estimate of drug-likeness (QED) is 0.800. The van der Waals surface area contributed by atoms with E-state index in [1.807, 2.05) is 24.3 Å². The van der Waals surface area contributed by atoms with E-state index in [1.165, 1.54) is 12.1 Å². The van der Waals surface area contributed by atoms with Gasteiger partial charge in [0.25, 0.3) is 0 Å². The lowest BCUT2D eigenvalue weighted by Gasteiger charge is -2.26. The van der Waals surface area contributed by atoms with Gasteiger partial charge in [-0.3, -0.25) is 4.79 Å². The molecule has 2 aromatic rings. The predicted octanol–water partition coefficient (Wildman–Crippen LogP) is 1.61. The lowest BCUT2D eigenvalue weighted by atomic mass is 10.0. The molecule has 0 aromatic heterocycles. The molecule has 138 valence electrons. The maximum atomic E-state index is 12.9. The van der Waals surface area contributed by atoms with Crippen molar-refractivity contribution < 1.29 is 22.3 Å². The number of sulfonamides is 1. The van der Waals surface area contributed by atoms with Crippen LogP contribution >= 0.6 is 0 Å². The third-order valence-electron chi connectivity index (χ3n) is 4.01. The van der Waals surface area contributed by atoms with E-state index in [1.54, 1.807) is 0 Å². The number of nitrogens with one attached hydrogen (secondary N) is 2. The average Bonchev–Trinajstić information content (AvgIpc) is 2.62. The van der Waals surface area contributed by atoms with Crippen molar-refractivity contribution in [2.45, 2.75) is 23.8 Å². The van der Waals surface area contributed by atoms with Gasteiger partial charge >= 0.3 is 0 Å². The number of carbonyl (C=O) groups excluding carboxylic acids is 1. The Bertz CT molecular complexity index is 884. The standard InChI is InChI=1S/C18H19FN2O4S/c19-14-5-7-16(8-6-14)26(23,24)20-10-9-18(22)21-15-11-13-3-1-2-4-17(13)25-12-15/h1-8,15,20H,9-12H2,(H,21,22). The summed E-state index contributed by atoms with van der Waals surface area (Å²) in [5.74, 6) is 0.0458. The Morgan fingerprint density at radius 3 is 2.65 bits per heavy atom. The molecule has 26 heavy (non-hydrogen) atoms. The first kappa shape index (κ1) is 18.3. The average molecular weight is 378 g/mol. The van der Waals surface area contributed by atoms with Gasteiger partial charge in [-0.05, 0) is 42.3 Å². The second kappa shape index (κ2) is 7.84. The van der Waals surface area contributed by atoms with Gasteiger partial charge in [-0.2, -0.15) is 0 Å². The van der Waals surface area contributed by atoms with Crippen molar-refractivity contribution in [2.75, 3.05) is 13.2 Å². The summed E-state index contributed by atoms with van der Waals surface area (Å²) in [7, 11) is -3.77. The van der Waals surface area contributed by atoms with Crippen LogP contribution in [0.3, 0.4) is 0 Å². The summed E-state index contributed by atoms with van der Waals surface area (Å²) in [6, 6.07) is 12.0. The van der Waals surface area contributed by atoms with Crippen LogP contribution in [0.5, 0.6) is 5.75 Å². The highest BCUT2D eigenvalue weighted by Crippen LogP contribution is 2.23. The fourth-order valence-corrected chi connectivity index (χ4v) is 3.75. The lowest BCUT2D eigenvalue weighted by molar-refractivity contribution is -0.121. The topological polar surface area (TPSA) is 84.5 Å². The van der Waals surface area contributed by atoms with E-state index in [-0.39, 0.29) is 29.8 Å². The highest BCUT2D eigenvalue weighted by atomic mass is 32.2. The highest BCUT2D eigenvalue weighted by Gasteiger charge is 2.21. The van der Waals surface area contributed by atoms with Crippen LogP contribution in [0.1, 0.15) is 12.0 Å². The number of rotatable bonds is 6. The van der Waals surface area contributed by atoms with Crippen LogP contribution in [0.15, 0.2) is 53.4 Å².